The van der Waals surface area contributed by atoms with E-state index in [4.69, 9.17) is 4.74 Å². The molecule has 2 atom stereocenters. The highest BCUT2D eigenvalue weighted by molar-refractivity contribution is 9.10. The van der Waals surface area contributed by atoms with E-state index in [1.165, 1.54) is 6.07 Å². The molecule has 1 aliphatic rings. The summed E-state index contributed by atoms with van der Waals surface area (Å²) in [5.41, 5.74) is 1.98. The summed E-state index contributed by atoms with van der Waals surface area (Å²) < 4.78 is 6.45. The molecule has 0 spiro atoms. The number of halogens is 1. The lowest BCUT2D eigenvalue weighted by molar-refractivity contribution is -0.385. The van der Waals surface area contributed by atoms with Crippen molar-refractivity contribution in [2.24, 2.45) is 0 Å². The number of nitrogens with zero attached hydrogens (tertiary/aromatic N) is 1. The average Bonchev–Trinajstić information content (AvgIpc) is 2.74. The normalized spacial score (nSPS) is 20.3. The van der Waals surface area contributed by atoms with Crippen LogP contribution in [-0.2, 0) is 0 Å². The second kappa shape index (κ2) is 4.90. The van der Waals surface area contributed by atoms with Gasteiger partial charge in [-0.05, 0) is 18.6 Å². The van der Waals surface area contributed by atoms with Gasteiger partial charge in [-0.1, -0.05) is 46.3 Å². The number of benzene rings is 2. The molecule has 0 unspecified atom stereocenters. The quantitative estimate of drug-likeness (QED) is 0.609. The molecular formula is C15H12BrNO3. The number of hydrogen-bond acceptors (Lipinski definition) is 3. The van der Waals surface area contributed by atoms with Gasteiger partial charge in [0.1, 0.15) is 6.10 Å². The van der Waals surface area contributed by atoms with Gasteiger partial charge in [-0.3, -0.25) is 10.1 Å². The maximum Gasteiger partial charge on any atom is 0.312 e. The molecule has 0 saturated heterocycles. The first-order valence-electron chi connectivity index (χ1n) is 6.27. The second-order valence-electron chi connectivity index (χ2n) is 4.81. The topological polar surface area (TPSA) is 52.4 Å². The Hall–Kier alpha value is -1.88. The highest BCUT2D eigenvalue weighted by Crippen LogP contribution is 2.48. The van der Waals surface area contributed by atoms with E-state index in [2.05, 4.69) is 15.9 Å². The van der Waals surface area contributed by atoms with Crippen molar-refractivity contribution in [3.63, 3.8) is 0 Å². The highest BCUT2D eigenvalue weighted by atomic mass is 79.9. The Morgan fingerprint density at radius 1 is 1.25 bits per heavy atom. The Bertz CT molecular complexity index is 672. The van der Waals surface area contributed by atoms with Crippen LogP contribution in [0.5, 0.6) is 5.75 Å². The van der Waals surface area contributed by atoms with Crippen LogP contribution in [0.4, 0.5) is 5.69 Å². The van der Waals surface area contributed by atoms with Crippen LogP contribution < -0.4 is 4.74 Å². The second-order valence-corrected chi connectivity index (χ2v) is 5.73. The van der Waals surface area contributed by atoms with E-state index in [1.54, 1.807) is 0 Å². The van der Waals surface area contributed by atoms with E-state index in [-0.39, 0.29) is 17.7 Å². The first-order valence-corrected chi connectivity index (χ1v) is 7.06. The third-order valence-electron chi connectivity index (χ3n) is 3.53. The van der Waals surface area contributed by atoms with Gasteiger partial charge in [0.2, 0.25) is 5.75 Å². The Morgan fingerprint density at radius 3 is 2.60 bits per heavy atom. The van der Waals surface area contributed by atoms with Crippen molar-refractivity contribution in [2.75, 3.05) is 0 Å². The number of rotatable bonds is 2. The molecule has 5 heteroatoms. The van der Waals surface area contributed by atoms with Gasteiger partial charge in [-0.15, -0.1) is 0 Å². The maximum atomic E-state index is 11.2. The van der Waals surface area contributed by atoms with Gasteiger partial charge in [-0.25, -0.2) is 0 Å². The fraction of sp³-hybridized carbons (Fsp3) is 0.200. The zero-order valence-electron chi connectivity index (χ0n) is 10.7. The molecule has 0 saturated carbocycles. The van der Waals surface area contributed by atoms with Crippen molar-refractivity contribution >= 4 is 21.6 Å². The van der Waals surface area contributed by atoms with Crippen LogP contribution in [0.25, 0.3) is 0 Å². The third kappa shape index (κ3) is 2.08. The van der Waals surface area contributed by atoms with Crippen molar-refractivity contribution in [3.05, 3.63) is 68.2 Å². The van der Waals surface area contributed by atoms with Crippen molar-refractivity contribution in [3.8, 4) is 5.75 Å². The van der Waals surface area contributed by atoms with Crippen LogP contribution >= 0.6 is 15.9 Å². The molecule has 1 aliphatic heterocycles. The number of hydrogen-bond donors (Lipinski definition) is 0. The van der Waals surface area contributed by atoms with Crippen LogP contribution in [0.1, 0.15) is 24.0 Å². The molecule has 3 rings (SSSR count). The molecule has 0 fully saturated rings. The monoisotopic (exact) mass is 333 g/mol. The van der Waals surface area contributed by atoms with E-state index in [0.717, 1.165) is 11.1 Å². The molecule has 0 bridgehead atoms. The fourth-order valence-electron chi connectivity index (χ4n) is 2.71. The lowest BCUT2D eigenvalue weighted by atomic mass is 9.89. The minimum Gasteiger partial charge on any atom is -0.483 e. The number of fused-ring (bicyclic) bond motifs is 1. The molecule has 2 aromatic carbocycles. The van der Waals surface area contributed by atoms with Gasteiger partial charge in [-0.2, -0.15) is 0 Å². The number of nitro groups is 1. The van der Waals surface area contributed by atoms with E-state index < -0.39 is 4.92 Å². The lowest BCUT2D eigenvalue weighted by Crippen LogP contribution is -2.15. The molecular weight excluding hydrogens is 322 g/mol. The Labute approximate surface area is 124 Å². The van der Waals surface area contributed by atoms with Gasteiger partial charge in [0.05, 0.1) is 4.92 Å². The molecule has 20 heavy (non-hydrogen) atoms. The molecule has 2 aromatic rings. The minimum absolute atomic E-state index is 0.0136. The molecule has 0 amide bonds. The lowest BCUT2D eigenvalue weighted by Gasteiger charge is -2.14. The van der Waals surface area contributed by atoms with Crippen molar-refractivity contribution in [1.82, 2.24) is 0 Å². The van der Waals surface area contributed by atoms with E-state index >= 15 is 0 Å². The molecule has 1 heterocycles. The minimum atomic E-state index is -0.399. The van der Waals surface area contributed by atoms with Crippen molar-refractivity contribution < 1.29 is 9.66 Å². The summed E-state index contributed by atoms with van der Waals surface area (Å²) in [6, 6.07) is 13.3. The van der Waals surface area contributed by atoms with Gasteiger partial charge in [0.15, 0.2) is 0 Å². The predicted octanol–water partition coefficient (Wildman–Crippen LogP) is 4.27. The van der Waals surface area contributed by atoms with Crippen molar-refractivity contribution in [1.29, 1.82) is 0 Å². The summed E-state index contributed by atoms with van der Waals surface area (Å²) in [6.45, 7) is 1.94. The van der Waals surface area contributed by atoms with Gasteiger partial charge >= 0.3 is 5.69 Å². The van der Waals surface area contributed by atoms with E-state index in [9.17, 15) is 10.1 Å². The Balaban J connectivity index is 2.18. The van der Waals surface area contributed by atoms with Gasteiger partial charge in [0, 0.05) is 22.0 Å². The maximum absolute atomic E-state index is 11.2. The standard InChI is InChI=1S/C15H12BrNO3/c1-9-14(10-5-3-2-4-6-10)12-7-11(16)8-13(17(18)19)15(12)20-9/h2-9,14H,1H3/t9-,14+/m1/s1. The predicted molar refractivity (Wildman–Crippen MR) is 79.2 cm³/mol. The van der Waals surface area contributed by atoms with Crippen LogP contribution in [0.3, 0.4) is 0 Å². The molecule has 0 aromatic heterocycles. The summed E-state index contributed by atoms with van der Waals surface area (Å²) in [6.07, 6.45) is -0.125. The summed E-state index contributed by atoms with van der Waals surface area (Å²) in [5.74, 6) is 0.405. The largest absolute Gasteiger partial charge is 0.483 e. The summed E-state index contributed by atoms with van der Waals surface area (Å²) in [5, 5.41) is 11.2. The first-order chi connectivity index (χ1) is 9.58. The smallest absolute Gasteiger partial charge is 0.312 e. The summed E-state index contributed by atoms with van der Waals surface area (Å²) >= 11 is 3.34. The molecule has 102 valence electrons. The molecule has 4 nitrogen and oxygen atoms in total. The van der Waals surface area contributed by atoms with Crippen molar-refractivity contribution in [2.45, 2.75) is 18.9 Å². The third-order valence-corrected chi connectivity index (χ3v) is 3.98. The van der Waals surface area contributed by atoms with Crippen LogP contribution in [0, 0.1) is 10.1 Å². The zero-order valence-corrected chi connectivity index (χ0v) is 12.3. The average molecular weight is 334 g/mol. The molecule has 0 aliphatic carbocycles. The first kappa shape index (κ1) is 13.1. The SMILES string of the molecule is C[C@H]1Oc2c(cc(Br)cc2[N+](=O)[O-])[C@@H]1c1ccccc1. The van der Waals surface area contributed by atoms with Gasteiger partial charge < -0.3 is 4.74 Å². The summed E-state index contributed by atoms with van der Waals surface area (Å²) in [4.78, 5) is 10.8. The molecule has 0 N–H and O–H groups in total. The van der Waals surface area contributed by atoms with Crippen LogP contribution in [0.15, 0.2) is 46.9 Å². The zero-order chi connectivity index (χ0) is 14.3. The van der Waals surface area contributed by atoms with Crippen LogP contribution in [-0.4, -0.2) is 11.0 Å². The Kier molecular flexibility index (Phi) is 3.22. The molecule has 0 radical (unpaired) electrons. The number of ether oxygens (including phenoxy) is 1. The van der Waals surface area contributed by atoms with Gasteiger partial charge in [0.25, 0.3) is 0 Å². The number of nitro benzene ring substituents is 1. The Morgan fingerprint density at radius 2 is 1.95 bits per heavy atom. The highest BCUT2D eigenvalue weighted by Gasteiger charge is 2.37. The van der Waals surface area contributed by atoms with E-state index in [0.29, 0.717) is 10.2 Å². The summed E-state index contributed by atoms with van der Waals surface area (Å²) in [7, 11) is 0. The van der Waals surface area contributed by atoms with Crippen LogP contribution in [0.2, 0.25) is 0 Å². The van der Waals surface area contributed by atoms with E-state index in [1.807, 2.05) is 43.3 Å². The fourth-order valence-corrected chi connectivity index (χ4v) is 3.18.